The van der Waals surface area contributed by atoms with Crippen LogP contribution in [0.2, 0.25) is 10.0 Å². The zero-order valence-electron chi connectivity index (χ0n) is 10.0. The number of methoxy groups -OCH3 is 2. The van der Waals surface area contributed by atoms with E-state index in [1.54, 1.807) is 0 Å². The molecule has 0 aliphatic heterocycles. The molecule has 0 bridgehead atoms. The number of hydrogen-bond acceptors (Lipinski definition) is 5. The number of phenolic OH excluding ortho intramolecular Hbond substituents is 1. The van der Waals surface area contributed by atoms with Crippen LogP contribution in [0, 0.1) is 0 Å². The predicted octanol–water partition coefficient (Wildman–Crippen LogP) is 2.68. The molecule has 1 aromatic carbocycles. The Morgan fingerprint density at radius 1 is 1.11 bits per heavy atom. The molecule has 7 heteroatoms. The van der Waals surface area contributed by atoms with Gasteiger partial charge < -0.3 is 19.3 Å². The van der Waals surface area contributed by atoms with E-state index in [0.29, 0.717) is 0 Å². The molecule has 0 fully saturated rings. The van der Waals surface area contributed by atoms with E-state index >= 15 is 0 Å². The molecule has 0 radical (unpaired) electrons. The number of rotatable bonds is 5. The van der Waals surface area contributed by atoms with Gasteiger partial charge >= 0.3 is 0 Å². The Bertz CT molecular complexity index is 442. The Kier molecular flexibility index (Phi) is 4.93. The van der Waals surface area contributed by atoms with E-state index in [0.717, 1.165) is 0 Å². The average molecular weight is 295 g/mol. The lowest BCUT2D eigenvalue weighted by Crippen LogP contribution is -2.08. The SMILES string of the molecule is COc1c(O)c(OC)c(Cl)c(OCC(C)=O)c1Cl. The van der Waals surface area contributed by atoms with Crippen LogP contribution in [0.4, 0.5) is 0 Å². The van der Waals surface area contributed by atoms with Crippen molar-refractivity contribution in [1.29, 1.82) is 0 Å². The molecule has 0 aromatic heterocycles. The second-order valence-corrected chi connectivity index (χ2v) is 4.12. The molecule has 0 unspecified atom stereocenters. The highest BCUT2D eigenvalue weighted by molar-refractivity contribution is 6.39. The quantitative estimate of drug-likeness (QED) is 0.904. The van der Waals surface area contributed by atoms with Crippen LogP contribution in [0.3, 0.4) is 0 Å². The number of hydrogen-bond donors (Lipinski definition) is 1. The van der Waals surface area contributed by atoms with Gasteiger partial charge in [0.15, 0.2) is 23.0 Å². The highest BCUT2D eigenvalue weighted by Gasteiger charge is 2.25. The first-order valence-corrected chi connectivity index (χ1v) is 5.63. The number of carbonyl (C=O) groups is 1. The fourth-order valence-electron chi connectivity index (χ4n) is 1.29. The average Bonchev–Trinajstić information content (AvgIpc) is 2.29. The van der Waals surface area contributed by atoms with Crippen molar-refractivity contribution in [2.24, 2.45) is 0 Å². The van der Waals surface area contributed by atoms with Crippen LogP contribution in [0.5, 0.6) is 23.0 Å². The van der Waals surface area contributed by atoms with E-state index in [4.69, 9.17) is 37.4 Å². The van der Waals surface area contributed by atoms with Gasteiger partial charge in [-0.2, -0.15) is 0 Å². The summed E-state index contributed by atoms with van der Waals surface area (Å²) in [4.78, 5) is 10.9. The Labute approximate surface area is 114 Å². The fraction of sp³-hybridized carbons (Fsp3) is 0.364. The molecule has 1 N–H and O–H groups in total. The summed E-state index contributed by atoms with van der Waals surface area (Å²) in [5, 5.41) is 9.76. The minimum Gasteiger partial charge on any atom is -0.502 e. The first-order chi connectivity index (χ1) is 8.43. The highest BCUT2D eigenvalue weighted by atomic mass is 35.5. The molecule has 0 saturated heterocycles. The van der Waals surface area contributed by atoms with Gasteiger partial charge in [-0.1, -0.05) is 23.2 Å². The molecule has 0 heterocycles. The van der Waals surface area contributed by atoms with E-state index in [1.165, 1.54) is 21.1 Å². The lowest BCUT2D eigenvalue weighted by Gasteiger charge is -2.16. The largest absolute Gasteiger partial charge is 0.502 e. The van der Waals surface area contributed by atoms with Gasteiger partial charge in [-0.3, -0.25) is 4.79 Å². The van der Waals surface area contributed by atoms with Gasteiger partial charge in [0, 0.05) is 0 Å². The second kappa shape index (κ2) is 6.02. The molecule has 18 heavy (non-hydrogen) atoms. The highest BCUT2D eigenvalue weighted by Crippen LogP contribution is 2.53. The topological polar surface area (TPSA) is 65.0 Å². The summed E-state index contributed by atoms with van der Waals surface area (Å²) in [6, 6.07) is 0. The van der Waals surface area contributed by atoms with Gasteiger partial charge in [0.25, 0.3) is 0 Å². The zero-order chi connectivity index (χ0) is 13.9. The number of phenols is 1. The number of ketones is 1. The van der Waals surface area contributed by atoms with Crippen molar-refractivity contribution >= 4 is 29.0 Å². The smallest absolute Gasteiger partial charge is 0.204 e. The molecule has 0 amide bonds. The van der Waals surface area contributed by atoms with E-state index in [1.807, 2.05) is 0 Å². The standard InChI is InChI=1S/C11H12Cl2O5/c1-5(14)4-18-9-6(12)10(16-2)8(15)11(17-3)7(9)13/h15H,4H2,1-3H3. The van der Waals surface area contributed by atoms with Crippen molar-refractivity contribution in [3.63, 3.8) is 0 Å². The maximum Gasteiger partial charge on any atom is 0.204 e. The third kappa shape index (κ3) is 2.73. The first kappa shape index (κ1) is 14.7. The molecule has 0 atom stereocenters. The Morgan fingerprint density at radius 3 is 1.89 bits per heavy atom. The Balaban J connectivity index is 3.35. The van der Waals surface area contributed by atoms with Crippen molar-refractivity contribution in [2.45, 2.75) is 6.92 Å². The summed E-state index contributed by atoms with van der Waals surface area (Å²) >= 11 is 11.9. The number of halogens is 2. The van der Waals surface area contributed by atoms with Crippen molar-refractivity contribution in [1.82, 2.24) is 0 Å². The van der Waals surface area contributed by atoms with Gasteiger partial charge in [-0.15, -0.1) is 0 Å². The zero-order valence-corrected chi connectivity index (χ0v) is 11.6. The van der Waals surface area contributed by atoms with E-state index in [-0.39, 0.29) is 45.4 Å². The summed E-state index contributed by atoms with van der Waals surface area (Å²) in [6.45, 7) is 1.16. The summed E-state index contributed by atoms with van der Waals surface area (Å²) in [5.74, 6) is -0.564. The second-order valence-electron chi connectivity index (χ2n) is 3.36. The molecule has 5 nitrogen and oxygen atoms in total. The van der Waals surface area contributed by atoms with Crippen molar-refractivity contribution in [3.8, 4) is 23.0 Å². The maximum absolute atomic E-state index is 10.9. The maximum atomic E-state index is 10.9. The number of benzene rings is 1. The lowest BCUT2D eigenvalue weighted by molar-refractivity contribution is -0.118. The molecule has 1 rings (SSSR count). The molecular formula is C11H12Cl2O5. The predicted molar refractivity (Wildman–Crippen MR) is 67.4 cm³/mol. The Morgan fingerprint density at radius 2 is 1.56 bits per heavy atom. The number of Topliss-reactive ketones (excluding diaryl/α,β-unsaturated/α-hetero) is 1. The third-order valence-electron chi connectivity index (χ3n) is 2.06. The first-order valence-electron chi connectivity index (χ1n) is 4.88. The molecule has 0 spiro atoms. The third-order valence-corrected chi connectivity index (χ3v) is 2.74. The van der Waals surface area contributed by atoms with E-state index in [2.05, 4.69) is 0 Å². The lowest BCUT2D eigenvalue weighted by atomic mass is 10.2. The molecule has 0 aliphatic carbocycles. The molecule has 100 valence electrons. The van der Waals surface area contributed by atoms with Gasteiger partial charge in [0.05, 0.1) is 14.2 Å². The normalized spacial score (nSPS) is 10.1. The summed E-state index contributed by atoms with van der Waals surface area (Å²) in [6.07, 6.45) is 0. The van der Waals surface area contributed by atoms with Gasteiger partial charge in [0.1, 0.15) is 16.7 Å². The summed E-state index contributed by atoms with van der Waals surface area (Å²) < 4.78 is 15.1. The van der Waals surface area contributed by atoms with E-state index in [9.17, 15) is 9.90 Å². The molecular weight excluding hydrogens is 283 g/mol. The fourth-order valence-corrected chi connectivity index (χ4v) is 1.97. The van der Waals surface area contributed by atoms with Crippen LogP contribution in [-0.2, 0) is 4.79 Å². The van der Waals surface area contributed by atoms with Crippen LogP contribution in [0.1, 0.15) is 6.92 Å². The van der Waals surface area contributed by atoms with Crippen LogP contribution < -0.4 is 14.2 Å². The molecule has 1 aromatic rings. The molecule has 0 aliphatic rings. The number of aromatic hydroxyl groups is 1. The summed E-state index contributed by atoms with van der Waals surface area (Å²) in [7, 11) is 2.64. The Hall–Kier alpha value is -1.33. The van der Waals surface area contributed by atoms with Gasteiger partial charge in [0.2, 0.25) is 5.75 Å². The van der Waals surface area contributed by atoms with Crippen LogP contribution in [0.25, 0.3) is 0 Å². The van der Waals surface area contributed by atoms with Crippen molar-refractivity contribution < 1.29 is 24.1 Å². The number of ether oxygens (including phenoxy) is 3. The summed E-state index contributed by atoms with van der Waals surface area (Å²) in [5.41, 5.74) is 0. The van der Waals surface area contributed by atoms with Crippen molar-refractivity contribution in [3.05, 3.63) is 10.0 Å². The van der Waals surface area contributed by atoms with E-state index < -0.39 is 0 Å². The van der Waals surface area contributed by atoms with Crippen LogP contribution in [0.15, 0.2) is 0 Å². The minimum atomic E-state index is -0.329. The molecule has 0 saturated carbocycles. The monoisotopic (exact) mass is 294 g/mol. The number of carbonyl (C=O) groups excluding carboxylic acids is 1. The van der Waals surface area contributed by atoms with Crippen LogP contribution in [-0.4, -0.2) is 31.7 Å². The van der Waals surface area contributed by atoms with Crippen molar-refractivity contribution in [2.75, 3.05) is 20.8 Å². The van der Waals surface area contributed by atoms with Gasteiger partial charge in [-0.25, -0.2) is 0 Å². The van der Waals surface area contributed by atoms with Crippen LogP contribution >= 0.6 is 23.2 Å². The minimum absolute atomic E-state index is 0.0259. The van der Waals surface area contributed by atoms with Gasteiger partial charge in [-0.05, 0) is 6.92 Å².